The van der Waals surface area contributed by atoms with Gasteiger partial charge in [0.05, 0.1) is 11.4 Å². The van der Waals surface area contributed by atoms with Gasteiger partial charge in [-0.05, 0) is 34.1 Å². The van der Waals surface area contributed by atoms with Crippen LogP contribution in [0.4, 0.5) is 5.69 Å². The highest BCUT2D eigenvalue weighted by Crippen LogP contribution is 2.28. The van der Waals surface area contributed by atoms with Crippen molar-refractivity contribution in [2.45, 2.75) is 4.90 Å². The lowest BCUT2D eigenvalue weighted by Gasteiger charge is -2.06. The second-order valence-electron chi connectivity index (χ2n) is 4.52. The second-order valence-corrected chi connectivity index (χ2v) is 6.39. The SMILES string of the molecule is O=C(CSc1c[nH]c2ccccc12)Nc1ccccc1Br. The van der Waals surface area contributed by atoms with Crippen LogP contribution in [0.2, 0.25) is 0 Å². The molecule has 5 heteroatoms. The zero-order valence-electron chi connectivity index (χ0n) is 11.1. The van der Waals surface area contributed by atoms with Crippen LogP contribution in [0.1, 0.15) is 0 Å². The first-order valence-corrected chi connectivity index (χ1v) is 8.25. The van der Waals surface area contributed by atoms with Gasteiger partial charge >= 0.3 is 0 Å². The Kier molecular flexibility index (Phi) is 4.31. The Balaban J connectivity index is 1.65. The normalized spacial score (nSPS) is 10.7. The third kappa shape index (κ3) is 3.31. The lowest BCUT2D eigenvalue weighted by atomic mass is 10.2. The smallest absolute Gasteiger partial charge is 0.234 e. The predicted molar refractivity (Wildman–Crippen MR) is 91.8 cm³/mol. The van der Waals surface area contributed by atoms with E-state index < -0.39 is 0 Å². The number of thioether (sulfide) groups is 1. The molecule has 1 heterocycles. The van der Waals surface area contributed by atoms with E-state index in [1.807, 2.05) is 48.7 Å². The molecule has 0 unspecified atom stereocenters. The van der Waals surface area contributed by atoms with Gasteiger partial charge in [0.1, 0.15) is 0 Å². The number of carbonyl (C=O) groups is 1. The van der Waals surface area contributed by atoms with Crippen molar-refractivity contribution in [1.82, 2.24) is 4.98 Å². The molecule has 0 saturated carbocycles. The molecule has 1 aromatic heterocycles. The van der Waals surface area contributed by atoms with Crippen molar-refractivity contribution in [2.24, 2.45) is 0 Å². The number of fused-ring (bicyclic) bond motifs is 1. The van der Waals surface area contributed by atoms with Crippen LogP contribution in [0, 0.1) is 0 Å². The summed E-state index contributed by atoms with van der Waals surface area (Å²) in [6, 6.07) is 15.7. The number of carbonyl (C=O) groups excluding carboxylic acids is 1. The average Bonchev–Trinajstić information content (AvgIpc) is 2.91. The van der Waals surface area contributed by atoms with Crippen LogP contribution in [0.5, 0.6) is 0 Å². The monoisotopic (exact) mass is 360 g/mol. The highest BCUT2D eigenvalue weighted by molar-refractivity contribution is 9.10. The van der Waals surface area contributed by atoms with E-state index in [0.29, 0.717) is 5.75 Å². The largest absolute Gasteiger partial charge is 0.360 e. The molecular weight excluding hydrogens is 348 g/mol. The number of aromatic amines is 1. The third-order valence-electron chi connectivity index (χ3n) is 3.06. The fraction of sp³-hybridized carbons (Fsp3) is 0.0625. The molecule has 0 fully saturated rings. The van der Waals surface area contributed by atoms with Crippen molar-refractivity contribution in [3.05, 3.63) is 59.2 Å². The van der Waals surface area contributed by atoms with Crippen LogP contribution >= 0.6 is 27.7 Å². The molecule has 21 heavy (non-hydrogen) atoms. The number of benzene rings is 2. The summed E-state index contributed by atoms with van der Waals surface area (Å²) >= 11 is 4.95. The van der Waals surface area contributed by atoms with Gasteiger partial charge in [-0.25, -0.2) is 0 Å². The Morgan fingerprint density at radius 1 is 1.14 bits per heavy atom. The summed E-state index contributed by atoms with van der Waals surface area (Å²) in [7, 11) is 0. The molecule has 0 aliphatic heterocycles. The predicted octanol–water partition coefficient (Wildman–Crippen LogP) is 4.66. The van der Waals surface area contributed by atoms with Crippen molar-refractivity contribution in [1.29, 1.82) is 0 Å². The van der Waals surface area contributed by atoms with Gasteiger partial charge in [0.2, 0.25) is 5.91 Å². The van der Waals surface area contributed by atoms with Gasteiger partial charge in [0, 0.05) is 26.5 Å². The van der Waals surface area contributed by atoms with Crippen molar-refractivity contribution in [2.75, 3.05) is 11.1 Å². The number of nitrogens with one attached hydrogen (secondary N) is 2. The summed E-state index contributed by atoms with van der Waals surface area (Å²) < 4.78 is 0.885. The summed E-state index contributed by atoms with van der Waals surface area (Å²) in [4.78, 5) is 16.3. The maximum Gasteiger partial charge on any atom is 0.234 e. The number of hydrogen-bond acceptors (Lipinski definition) is 2. The van der Waals surface area contributed by atoms with Crippen LogP contribution in [0.25, 0.3) is 10.9 Å². The summed E-state index contributed by atoms with van der Waals surface area (Å²) in [5, 5.41) is 4.05. The molecule has 2 N–H and O–H groups in total. The van der Waals surface area contributed by atoms with Gasteiger partial charge in [0.25, 0.3) is 0 Å². The Hall–Kier alpha value is -1.72. The second kappa shape index (κ2) is 6.37. The first kappa shape index (κ1) is 14.2. The zero-order chi connectivity index (χ0) is 14.7. The summed E-state index contributed by atoms with van der Waals surface area (Å²) in [6.07, 6.45) is 1.95. The molecule has 0 aliphatic carbocycles. The van der Waals surface area contributed by atoms with E-state index in [1.165, 1.54) is 11.8 Å². The molecule has 0 atom stereocenters. The summed E-state index contributed by atoms with van der Waals surface area (Å²) in [5.41, 5.74) is 1.88. The van der Waals surface area contributed by atoms with E-state index in [-0.39, 0.29) is 5.91 Å². The van der Waals surface area contributed by atoms with E-state index in [4.69, 9.17) is 0 Å². The van der Waals surface area contributed by atoms with Crippen LogP contribution in [-0.4, -0.2) is 16.6 Å². The molecular formula is C16H13BrN2OS. The maximum absolute atomic E-state index is 12.0. The van der Waals surface area contributed by atoms with Gasteiger partial charge in [-0.15, -0.1) is 11.8 Å². The molecule has 0 radical (unpaired) electrons. The standard InChI is InChI=1S/C16H13BrN2OS/c17-12-6-2-4-8-14(12)19-16(20)10-21-15-9-18-13-7-3-1-5-11(13)15/h1-9,18H,10H2,(H,19,20). The molecule has 3 aromatic rings. The Labute approximate surface area is 135 Å². The topological polar surface area (TPSA) is 44.9 Å². The Bertz CT molecular complexity index is 785. The van der Waals surface area contributed by atoms with Crippen LogP contribution in [0.3, 0.4) is 0 Å². The van der Waals surface area contributed by atoms with Crippen molar-refractivity contribution in [3.63, 3.8) is 0 Å². The van der Waals surface area contributed by atoms with Crippen molar-refractivity contribution >= 4 is 50.2 Å². The number of aromatic nitrogens is 1. The number of amides is 1. The molecule has 2 aromatic carbocycles. The minimum atomic E-state index is -0.0165. The van der Waals surface area contributed by atoms with Crippen LogP contribution in [0.15, 0.2) is 64.1 Å². The number of para-hydroxylation sites is 2. The molecule has 0 spiro atoms. The van der Waals surface area contributed by atoms with Crippen LogP contribution in [-0.2, 0) is 4.79 Å². The summed E-state index contributed by atoms with van der Waals surface area (Å²) in [5.74, 6) is 0.362. The van der Waals surface area contributed by atoms with E-state index in [0.717, 1.165) is 26.0 Å². The fourth-order valence-corrected chi connectivity index (χ4v) is 3.27. The minimum absolute atomic E-state index is 0.0165. The highest BCUT2D eigenvalue weighted by atomic mass is 79.9. The Morgan fingerprint density at radius 2 is 1.90 bits per heavy atom. The minimum Gasteiger partial charge on any atom is -0.360 e. The van der Waals surface area contributed by atoms with E-state index in [2.05, 4.69) is 32.3 Å². The summed E-state index contributed by atoms with van der Waals surface area (Å²) in [6.45, 7) is 0. The first-order chi connectivity index (χ1) is 10.2. The quantitative estimate of drug-likeness (QED) is 0.664. The van der Waals surface area contributed by atoms with Gasteiger partial charge in [-0.2, -0.15) is 0 Å². The lowest BCUT2D eigenvalue weighted by Crippen LogP contribution is -2.14. The van der Waals surface area contributed by atoms with Crippen LogP contribution < -0.4 is 5.32 Å². The van der Waals surface area contributed by atoms with Crippen molar-refractivity contribution < 1.29 is 4.79 Å². The molecule has 3 rings (SSSR count). The van der Waals surface area contributed by atoms with Gasteiger partial charge in [-0.3, -0.25) is 4.79 Å². The Morgan fingerprint density at radius 3 is 2.76 bits per heavy atom. The van der Waals surface area contributed by atoms with Gasteiger partial charge < -0.3 is 10.3 Å². The van der Waals surface area contributed by atoms with Crippen molar-refractivity contribution in [3.8, 4) is 0 Å². The number of halogens is 1. The zero-order valence-corrected chi connectivity index (χ0v) is 13.5. The molecule has 0 bridgehead atoms. The van der Waals surface area contributed by atoms with E-state index in [1.54, 1.807) is 0 Å². The number of hydrogen-bond donors (Lipinski definition) is 2. The fourth-order valence-electron chi connectivity index (χ4n) is 2.06. The molecule has 0 saturated heterocycles. The molecule has 0 aliphatic rings. The maximum atomic E-state index is 12.0. The molecule has 1 amide bonds. The average molecular weight is 361 g/mol. The molecule has 3 nitrogen and oxygen atoms in total. The number of H-pyrrole nitrogens is 1. The molecule has 106 valence electrons. The van der Waals surface area contributed by atoms with Gasteiger partial charge in [0.15, 0.2) is 0 Å². The van der Waals surface area contributed by atoms with Gasteiger partial charge in [-0.1, -0.05) is 30.3 Å². The number of rotatable bonds is 4. The third-order valence-corrected chi connectivity index (χ3v) is 4.80. The lowest BCUT2D eigenvalue weighted by molar-refractivity contribution is -0.113. The van der Waals surface area contributed by atoms with E-state index >= 15 is 0 Å². The first-order valence-electron chi connectivity index (χ1n) is 6.47. The highest BCUT2D eigenvalue weighted by Gasteiger charge is 2.08. The number of anilines is 1. The van der Waals surface area contributed by atoms with E-state index in [9.17, 15) is 4.79 Å².